The van der Waals surface area contributed by atoms with Crippen molar-refractivity contribution in [3.8, 4) is 22.5 Å². The van der Waals surface area contributed by atoms with Gasteiger partial charge in [-0.2, -0.15) is 0 Å². The van der Waals surface area contributed by atoms with Crippen LogP contribution in [0.1, 0.15) is 16.7 Å². The number of nitrogens with zero attached hydrogens (tertiary/aromatic N) is 1. The Labute approximate surface area is 124 Å². The molecule has 1 heterocycles. The third kappa shape index (κ3) is 2.31. The van der Waals surface area contributed by atoms with Crippen LogP contribution in [-0.4, -0.2) is 5.16 Å². The third-order valence-corrected chi connectivity index (χ3v) is 3.90. The van der Waals surface area contributed by atoms with Gasteiger partial charge >= 0.3 is 0 Å². The smallest absolute Gasteiger partial charge is 0.176 e. The molecule has 0 fully saturated rings. The van der Waals surface area contributed by atoms with Gasteiger partial charge in [-0.05, 0) is 49.1 Å². The summed E-state index contributed by atoms with van der Waals surface area (Å²) in [6.45, 7) is 6.24. The zero-order chi connectivity index (χ0) is 15.0. The van der Waals surface area contributed by atoms with Crippen molar-refractivity contribution in [1.29, 1.82) is 0 Å². The van der Waals surface area contributed by atoms with Gasteiger partial charge in [-0.25, -0.2) is 0 Å². The Morgan fingerprint density at radius 2 is 1.67 bits per heavy atom. The van der Waals surface area contributed by atoms with E-state index in [2.05, 4.69) is 44.1 Å². The molecule has 0 spiro atoms. The van der Waals surface area contributed by atoms with E-state index in [0.29, 0.717) is 5.82 Å². The van der Waals surface area contributed by atoms with Crippen molar-refractivity contribution in [3.05, 3.63) is 59.2 Å². The number of aromatic nitrogens is 1. The van der Waals surface area contributed by atoms with Crippen LogP contribution in [0.4, 0.5) is 5.82 Å². The summed E-state index contributed by atoms with van der Waals surface area (Å²) < 4.78 is 5.51. The summed E-state index contributed by atoms with van der Waals surface area (Å²) in [6, 6.07) is 14.4. The number of benzene rings is 2. The van der Waals surface area contributed by atoms with E-state index in [9.17, 15) is 0 Å². The Morgan fingerprint density at radius 1 is 0.905 bits per heavy atom. The number of hydrogen-bond donors (Lipinski definition) is 1. The molecule has 3 nitrogen and oxygen atoms in total. The van der Waals surface area contributed by atoms with Crippen LogP contribution in [0.2, 0.25) is 0 Å². The molecule has 0 aliphatic rings. The lowest BCUT2D eigenvalue weighted by molar-refractivity contribution is 0.436. The SMILES string of the molecule is Cc1ccc(-c2onc(N)c2-c2ccccc2C)cc1C. The second kappa shape index (κ2) is 5.09. The van der Waals surface area contributed by atoms with Crippen molar-refractivity contribution in [2.75, 3.05) is 5.73 Å². The summed E-state index contributed by atoms with van der Waals surface area (Å²) in [5, 5.41) is 3.97. The number of aryl methyl sites for hydroxylation is 3. The fraction of sp³-hybridized carbons (Fsp3) is 0.167. The van der Waals surface area contributed by atoms with Crippen LogP contribution in [0.5, 0.6) is 0 Å². The minimum absolute atomic E-state index is 0.428. The average Bonchev–Trinajstić information content (AvgIpc) is 2.84. The van der Waals surface area contributed by atoms with Crippen LogP contribution >= 0.6 is 0 Å². The molecule has 3 heteroatoms. The van der Waals surface area contributed by atoms with E-state index in [0.717, 1.165) is 28.0 Å². The van der Waals surface area contributed by atoms with Gasteiger partial charge in [-0.3, -0.25) is 0 Å². The lowest BCUT2D eigenvalue weighted by atomic mass is 9.96. The first-order chi connectivity index (χ1) is 10.1. The second-order valence-electron chi connectivity index (χ2n) is 5.39. The van der Waals surface area contributed by atoms with Crippen LogP contribution in [0.25, 0.3) is 22.5 Å². The summed E-state index contributed by atoms with van der Waals surface area (Å²) >= 11 is 0. The van der Waals surface area contributed by atoms with Gasteiger partial charge in [0.1, 0.15) is 0 Å². The van der Waals surface area contributed by atoms with Crippen molar-refractivity contribution in [2.24, 2.45) is 0 Å². The van der Waals surface area contributed by atoms with Crippen molar-refractivity contribution in [1.82, 2.24) is 5.16 Å². The van der Waals surface area contributed by atoms with Crippen LogP contribution in [0.3, 0.4) is 0 Å². The van der Waals surface area contributed by atoms with E-state index in [4.69, 9.17) is 10.3 Å². The van der Waals surface area contributed by atoms with Crippen molar-refractivity contribution < 1.29 is 4.52 Å². The highest BCUT2D eigenvalue weighted by Crippen LogP contribution is 2.38. The average molecular weight is 278 g/mol. The molecular formula is C18H18N2O. The lowest BCUT2D eigenvalue weighted by Gasteiger charge is -2.07. The first-order valence-electron chi connectivity index (χ1n) is 6.96. The summed E-state index contributed by atoms with van der Waals surface area (Å²) in [7, 11) is 0. The quantitative estimate of drug-likeness (QED) is 0.750. The molecule has 0 saturated heterocycles. The molecule has 0 saturated carbocycles. The molecule has 0 radical (unpaired) electrons. The minimum Gasteiger partial charge on any atom is -0.380 e. The van der Waals surface area contributed by atoms with Crippen LogP contribution < -0.4 is 5.73 Å². The van der Waals surface area contributed by atoms with E-state index in [-0.39, 0.29) is 0 Å². The zero-order valence-corrected chi connectivity index (χ0v) is 12.5. The molecule has 2 aromatic carbocycles. The molecule has 3 aromatic rings. The highest BCUT2D eigenvalue weighted by Gasteiger charge is 2.19. The fourth-order valence-corrected chi connectivity index (χ4v) is 2.50. The van der Waals surface area contributed by atoms with Crippen LogP contribution in [0, 0.1) is 20.8 Å². The normalized spacial score (nSPS) is 10.8. The van der Waals surface area contributed by atoms with Gasteiger partial charge in [-0.15, -0.1) is 0 Å². The van der Waals surface area contributed by atoms with Gasteiger partial charge < -0.3 is 10.3 Å². The number of rotatable bonds is 2. The Bertz CT molecular complexity index is 803. The van der Waals surface area contributed by atoms with Crippen molar-refractivity contribution >= 4 is 5.82 Å². The number of nitrogen functional groups attached to an aromatic ring is 1. The van der Waals surface area contributed by atoms with E-state index in [1.807, 2.05) is 24.3 Å². The molecule has 106 valence electrons. The first kappa shape index (κ1) is 13.4. The molecule has 0 amide bonds. The summed E-state index contributed by atoms with van der Waals surface area (Å²) in [5.74, 6) is 1.16. The molecule has 21 heavy (non-hydrogen) atoms. The fourth-order valence-electron chi connectivity index (χ4n) is 2.50. The van der Waals surface area contributed by atoms with E-state index in [1.165, 1.54) is 11.1 Å². The highest BCUT2D eigenvalue weighted by atomic mass is 16.5. The van der Waals surface area contributed by atoms with E-state index in [1.54, 1.807) is 0 Å². The largest absolute Gasteiger partial charge is 0.380 e. The Balaban J connectivity index is 2.22. The number of anilines is 1. The van der Waals surface area contributed by atoms with Gasteiger partial charge in [-0.1, -0.05) is 41.6 Å². The molecule has 0 unspecified atom stereocenters. The lowest BCUT2D eigenvalue weighted by Crippen LogP contribution is -1.91. The standard InChI is InChI=1S/C18H18N2O/c1-11-8-9-14(10-13(11)3)17-16(18(19)20-21-17)15-7-5-4-6-12(15)2/h4-10H,1-3H3,(H2,19,20). The predicted octanol–water partition coefficient (Wildman–Crippen LogP) is 4.52. The van der Waals surface area contributed by atoms with Crippen LogP contribution in [-0.2, 0) is 0 Å². The first-order valence-corrected chi connectivity index (χ1v) is 6.96. The maximum Gasteiger partial charge on any atom is 0.176 e. The molecule has 0 bridgehead atoms. The molecular weight excluding hydrogens is 260 g/mol. The maximum absolute atomic E-state index is 6.04. The predicted molar refractivity (Wildman–Crippen MR) is 86.0 cm³/mol. The van der Waals surface area contributed by atoms with Crippen molar-refractivity contribution in [2.45, 2.75) is 20.8 Å². The third-order valence-electron chi connectivity index (χ3n) is 3.90. The van der Waals surface area contributed by atoms with Gasteiger partial charge in [0, 0.05) is 5.56 Å². The van der Waals surface area contributed by atoms with Gasteiger partial charge in [0.15, 0.2) is 11.6 Å². The van der Waals surface area contributed by atoms with Gasteiger partial charge in [0.05, 0.1) is 5.56 Å². The number of nitrogens with two attached hydrogens (primary N) is 1. The zero-order valence-electron chi connectivity index (χ0n) is 12.5. The summed E-state index contributed by atoms with van der Waals surface area (Å²) in [6.07, 6.45) is 0. The Morgan fingerprint density at radius 3 is 2.38 bits per heavy atom. The topological polar surface area (TPSA) is 52.0 Å². The monoisotopic (exact) mass is 278 g/mol. The molecule has 0 aliphatic heterocycles. The minimum atomic E-state index is 0.428. The Kier molecular flexibility index (Phi) is 3.26. The van der Waals surface area contributed by atoms with E-state index >= 15 is 0 Å². The Hall–Kier alpha value is -2.55. The maximum atomic E-state index is 6.04. The van der Waals surface area contributed by atoms with E-state index < -0.39 is 0 Å². The molecule has 1 aromatic heterocycles. The van der Waals surface area contributed by atoms with Crippen molar-refractivity contribution in [3.63, 3.8) is 0 Å². The highest BCUT2D eigenvalue weighted by molar-refractivity contribution is 5.88. The molecule has 0 atom stereocenters. The summed E-state index contributed by atoms with van der Waals surface area (Å²) in [5.41, 5.74) is 12.6. The molecule has 0 aliphatic carbocycles. The van der Waals surface area contributed by atoms with Gasteiger partial charge in [0.2, 0.25) is 0 Å². The molecule has 3 rings (SSSR count). The summed E-state index contributed by atoms with van der Waals surface area (Å²) in [4.78, 5) is 0. The number of hydrogen-bond acceptors (Lipinski definition) is 3. The van der Waals surface area contributed by atoms with Crippen LogP contribution in [0.15, 0.2) is 47.0 Å². The second-order valence-corrected chi connectivity index (χ2v) is 5.39. The van der Waals surface area contributed by atoms with Gasteiger partial charge in [0.25, 0.3) is 0 Å². The molecule has 2 N–H and O–H groups in total.